The number of hydrogen-bond acceptors (Lipinski definition) is 3. The zero-order chi connectivity index (χ0) is 15.8. The van der Waals surface area contributed by atoms with Crippen molar-refractivity contribution in [1.82, 2.24) is 0 Å². The highest BCUT2D eigenvalue weighted by molar-refractivity contribution is 7.99. The van der Waals surface area contributed by atoms with Crippen molar-refractivity contribution in [3.63, 3.8) is 0 Å². The highest BCUT2D eigenvalue weighted by Gasteiger charge is 2.05. The Morgan fingerprint density at radius 2 is 2.00 bits per heavy atom. The van der Waals surface area contributed by atoms with E-state index in [9.17, 15) is 4.79 Å². The number of hydrogen-bond donors (Lipinski definition) is 1. The van der Waals surface area contributed by atoms with Crippen LogP contribution in [0.3, 0.4) is 0 Å². The molecule has 0 bridgehead atoms. The lowest BCUT2D eigenvalue weighted by atomic mass is 10.2. The van der Waals surface area contributed by atoms with Crippen LogP contribution in [0.25, 0.3) is 0 Å². The Bertz CT molecular complexity index is 683. The zero-order valence-corrected chi connectivity index (χ0v) is 13.5. The number of halogens is 1. The first-order valence-electron chi connectivity index (χ1n) is 6.86. The van der Waals surface area contributed by atoms with E-state index in [1.807, 2.05) is 24.3 Å². The topological polar surface area (TPSA) is 52.9 Å². The average Bonchev–Trinajstić information content (AvgIpc) is 2.53. The van der Waals surface area contributed by atoms with Gasteiger partial charge in [-0.2, -0.15) is 5.26 Å². The fraction of sp³-hybridized carbons (Fsp3) is 0.176. The number of nitrogens with zero attached hydrogens (tertiary/aromatic N) is 1. The van der Waals surface area contributed by atoms with Gasteiger partial charge in [0, 0.05) is 17.0 Å². The minimum absolute atomic E-state index is 0.0468. The molecule has 0 aliphatic heterocycles. The molecule has 0 spiro atoms. The van der Waals surface area contributed by atoms with Gasteiger partial charge in [-0.05, 0) is 42.5 Å². The quantitative estimate of drug-likeness (QED) is 0.615. The number of nitrogens with one attached hydrogen (secondary N) is 1. The molecule has 1 amide bonds. The maximum Gasteiger partial charge on any atom is 0.224 e. The van der Waals surface area contributed by atoms with Gasteiger partial charge in [0.25, 0.3) is 0 Å². The molecule has 0 saturated carbocycles. The summed E-state index contributed by atoms with van der Waals surface area (Å²) in [5.74, 6) is 0.848. The number of anilines is 1. The molecule has 112 valence electrons. The molecule has 2 rings (SSSR count). The van der Waals surface area contributed by atoms with Crippen LogP contribution in [0.4, 0.5) is 5.69 Å². The van der Waals surface area contributed by atoms with Crippen LogP contribution in [0.5, 0.6) is 0 Å². The summed E-state index contributed by atoms with van der Waals surface area (Å²) in [4.78, 5) is 13.1. The van der Waals surface area contributed by atoms with E-state index >= 15 is 0 Å². The number of nitriles is 1. The van der Waals surface area contributed by atoms with E-state index in [-0.39, 0.29) is 5.91 Å². The lowest BCUT2D eigenvalue weighted by Gasteiger charge is -2.06. The van der Waals surface area contributed by atoms with Crippen molar-refractivity contribution in [1.29, 1.82) is 5.26 Å². The predicted octanol–water partition coefficient (Wildman–Crippen LogP) is 4.72. The van der Waals surface area contributed by atoms with Crippen LogP contribution in [0.15, 0.2) is 53.4 Å². The summed E-state index contributed by atoms with van der Waals surface area (Å²) in [6.07, 6.45) is 1.26. The van der Waals surface area contributed by atoms with Crippen LogP contribution >= 0.6 is 23.4 Å². The minimum Gasteiger partial charge on any atom is -0.326 e. The van der Waals surface area contributed by atoms with Gasteiger partial charge in [-0.15, -0.1) is 11.8 Å². The SMILES string of the molecule is N#Cc1ccc(NC(=O)CCCSc2ccccc2)cc1Cl. The maximum atomic E-state index is 11.9. The maximum absolute atomic E-state index is 11.9. The van der Waals surface area contributed by atoms with E-state index in [0.29, 0.717) is 22.7 Å². The monoisotopic (exact) mass is 330 g/mol. The van der Waals surface area contributed by atoms with Gasteiger partial charge in [-0.25, -0.2) is 0 Å². The Kier molecular flexibility index (Phi) is 6.32. The molecule has 0 radical (unpaired) electrons. The first kappa shape index (κ1) is 16.4. The lowest BCUT2D eigenvalue weighted by Crippen LogP contribution is -2.11. The molecule has 0 aromatic heterocycles. The van der Waals surface area contributed by atoms with Gasteiger partial charge >= 0.3 is 0 Å². The molecule has 2 aromatic rings. The molecule has 0 unspecified atom stereocenters. The van der Waals surface area contributed by atoms with E-state index < -0.39 is 0 Å². The van der Waals surface area contributed by atoms with Gasteiger partial charge in [0.1, 0.15) is 6.07 Å². The second kappa shape index (κ2) is 8.47. The largest absolute Gasteiger partial charge is 0.326 e. The molecule has 0 heterocycles. The van der Waals surface area contributed by atoms with Crippen LogP contribution in [0.2, 0.25) is 5.02 Å². The van der Waals surface area contributed by atoms with Gasteiger partial charge in [0.15, 0.2) is 0 Å². The number of carbonyl (C=O) groups excluding carboxylic acids is 1. The fourth-order valence-corrected chi connectivity index (χ4v) is 2.94. The summed E-state index contributed by atoms with van der Waals surface area (Å²) in [5.41, 5.74) is 1.02. The van der Waals surface area contributed by atoms with Crippen molar-refractivity contribution >= 4 is 35.0 Å². The van der Waals surface area contributed by atoms with Gasteiger partial charge in [0.05, 0.1) is 10.6 Å². The zero-order valence-electron chi connectivity index (χ0n) is 11.9. The molecular formula is C17H15ClN2OS. The number of rotatable bonds is 6. The molecule has 0 fully saturated rings. The first-order valence-corrected chi connectivity index (χ1v) is 8.23. The summed E-state index contributed by atoms with van der Waals surface area (Å²) in [5, 5.41) is 11.9. The number of amides is 1. The average molecular weight is 331 g/mol. The Morgan fingerprint density at radius 3 is 2.68 bits per heavy atom. The summed E-state index contributed by atoms with van der Waals surface area (Å²) < 4.78 is 0. The van der Waals surface area contributed by atoms with Gasteiger partial charge in [0.2, 0.25) is 5.91 Å². The Morgan fingerprint density at radius 1 is 1.23 bits per heavy atom. The van der Waals surface area contributed by atoms with Crippen molar-refractivity contribution in [3.8, 4) is 6.07 Å². The van der Waals surface area contributed by atoms with E-state index in [2.05, 4.69) is 17.4 Å². The third-order valence-electron chi connectivity index (χ3n) is 2.93. The molecule has 2 aromatic carbocycles. The van der Waals surface area contributed by atoms with Crippen LogP contribution in [-0.4, -0.2) is 11.7 Å². The fourth-order valence-electron chi connectivity index (χ4n) is 1.85. The van der Waals surface area contributed by atoms with Gasteiger partial charge in [-0.1, -0.05) is 29.8 Å². The molecule has 0 saturated heterocycles. The predicted molar refractivity (Wildman–Crippen MR) is 91.2 cm³/mol. The molecular weight excluding hydrogens is 316 g/mol. The van der Waals surface area contributed by atoms with E-state index in [0.717, 1.165) is 12.2 Å². The highest BCUT2D eigenvalue weighted by Crippen LogP contribution is 2.21. The molecule has 1 N–H and O–H groups in total. The summed E-state index contributed by atoms with van der Waals surface area (Å²) in [7, 11) is 0. The smallest absolute Gasteiger partial charge is 0.224 e. The van der Waals surface area contributed by atoms with Crippen LogP contribution in [0.1, 0.15) is 18.4 Å². The van der Waals surface area contributed by atoms with Crippen molar-refractivity contribution in [3.05, 3.63) is 59.1 Å². The summed E-state index contributed by atoms with van der Waals surface area (Å²) in [6.45, 7) is 0. The second-order valence-electron chi connectivity index (χ2n) is 4.62. The van der Waals surface area contributed by atoms with Gasteiger partial charge < -0.3 is 5.32 Å². The van der Waals surface area contributed by atoms with Crippen molar-refractivity contribution in [2.45, 2.75) is 17.7 Å². The van der Waals surface area contributed by atoms with Crippen molar-refractivity contribution in [2.75, 3.05) is 11.1 Å². The Hall–Kier alpha value is -1.96. The third kappa shape index (κ3) is 5.10. The molecule has 0 atom stereocenters. The molecule has 0 aliphatic rings. The second-order valence-corrected chi connectivity index (χ2v) is 6.20. The van der Waals surface area contributed by atoms with E-state index in [1.54, 1.807) is 30.0 Å². The van der Waals surface area contributed by atoms with Crippen molar-refractivity contribution < 1.29 is 4.79 Å². The van der Waals surface area contributed by atoms with E-state index in [1.165, 1.54) is 4.90 Å². The molecule has 0 aliphatic carbocycles. The van der Waals surface area contributed by atoms with Crippen LogP contribution < -0.4 is 5.32 Å². The number of benzene rings is 2. The lowest BCUT2D eigenvalue weighted by molar-refractivity contribution is -0.116. The standard InChI is InChI=1S/C17H15ClN2OS/c18-16-11-14(9-8-13(16)12-19)20-17(21)7-4-10-22-15-5-2-1-3-6-15/h1-3,5-6,8-9,11H,4,7,10H2,(H,20,21). The summed E-state index contributed by atoms with van der Waals surface area (Å²) in [6, 6.07) is 17.0. The first-order chi connectivity index (χ1) is 10.7. The number of carbonyl (C=O) groups is 1. The Labute approximate surface area is 139 Å². The third-order valence-corrected chi connectivity index (χ3v) is 4.34. The highest BCUT2D eigenvalue weighted by atomic mass is 35.5. The van der Waals surface area contributed by atoms with Crippen LogP contribution in [0, 0.1) is 11.3 Å². The van der Waals surface area contributed by atoms with Crippen molar-refractivity contribution in [2.24, 2.45) is 0 Å². The minimum atomic E-state index is -0.0468. The molecule has 22 heavy (non-hydrogen) atoms. The van der Waals surface area contributed by atoms with Gasteiger partial charge in [-0.3, -0.25) is 4.79 Å². The van der Waals surface area contributed by atoms with E-state index in [4.69, 9.17) is 16.9 Å². The Balaban J connectivity index is 1.74. The number of thioether (sulfide) groups is 1. The normalized spacial score (nSPS) is 10.0. The van der Waals surface area contributed by atoms with Crippen LogP contribution in [-0.2, 0) is 4.79 Å². The molecule has 5 heteroatoms. The summed E-state index contributed by atoms with van der Waals surface area (Å²) >= 11 is 7.67. The molecule has 3 nitrogen and oxygen atoms in total.